The average Bonchev–Trinajstić information content (AvgIpc) is 2.92. The van der Waals surface area contributed by atoms with Crippen molar-refractivity contribution >= 4 is 23.5 Å². The highest BCUT2D eigenvalue weighted by molar-refractivity contribution is 6.01. The Kier molecular flexibility index (Phi) is 11.1. The van der Waals surface area contributed by atoms with E-state index in [1.165, 1.54) is 5.56 Å². The van der Waals surface area contributed by atoms with E-state index in [1.54, 1.807) is 11.8 Å². The van der Waals surface area contributed by atoms with Crippen LogP contribution < -0.4 is 10.2 Å². The topological polar surface area (TPSA) is 89.9 Å². The number of benzene rings is 2. The third-order valence-corrected chi connectivity index (χ3v) is 8.24. The predicted octanol–water partition coefficient (Wildman–Crippen LogP) is 7.04. The minimum atomic E-state index is -3.13. The zero-order chi connectivity index (χ0) is 31.1. The van der Waals surface area contributed by atoms with Gasteiger partial charge in [0.2, 0.25) is 0 Å². The standard InChI is InChI=1S/C33H45F2N3O4/c1-6-14-26-19-27(20-28(29(26)24(5)39)37(7-2)8-3)23(4)38(18-13-12-17-25-15-10-9-11-16-25)31(42)36-32(30(40)41)21-33(34,35)22-32/h9-11,15-16,19-20,23H,6-8,12-14,17-18,21-22H2,1-5H3,(H,36,42)(H,40,41). The fraction of sp³-hybridized carbons (Fsp3) is 0.545. The molecule has 1 fully saturated rings. The largest absolute Gasteiger partial charge is 0.479 e. The molecule has 42 heavy (non-hydrogen) atoms. The molecule has 0 aromatic heterocycles. The van der Waals surface area contributed by atoms with Crippen LogP contribution in [0.5, 0.6) is 0 Å². The van der Waals surface area contributed by atoms with Gasteiger partial charge in [0.15, 0.2) is 11.3 Å². The number of aryl methyl sites for hydroxylation is 2. The number of hydrogen-bond donors (Lipinski definition) is 2. The van der Waals surface area contributed by atoms with Crippen molar-refractivity contribution in [1.82, 2.24) is 10.2 Å². The molecule has 2 amide bonds. The summed E-state index contributed by atoms with van der Waals surface area (Å²) in [6.07, 6.45) is 1.89. The van der Waals surface area contributed by atoms with Crippen LogP contribution in [0.15, 0.2) is 42.5 Å². The Morgan fingerprint density at radius 3 is 2.17 bits per heavy atom. The van der Waals surface area contributed by atoms with Gasteiger partial charge >= 0.3 is 12.0 Å². The molecule has 1 aliphatic carbocycles. The van der Waals surface area contributed by atoms with Crippen LogP contribution in [0, 0.1) is 0 Å². The minimum absolute atomic E-state index is 0.0237. The second-order valence-electron chi connectivity index (χ2n) is 11.4. The second-order valence-corrected chi connectivity index (χ2v) is 11.4. The van der Waals surface area contributed by atoms with Gasteiger partial charge in [0.25, 0.3) is 5.92 Å². The molecule has 2 aromatic carbocycles. The van der Waals surface area contributed by atoms with E-state index in [2.05, 4.69) is 10.2 Å². The number of carboxylic acid groups (broad SMARTS) is 1. The van der Waals surface area contributed by atoms with Crippen LogP contribution in [0.3, 0.4) is 0 Å². The number of carbonyl (C=O) groups excluding carboxylic acids is 2. The Labute approximate surface area is 248 Å². The molecule has 3 rings (SSSR count). The van der Waals surface area contributed by atoms with E-state index >= 15 is 0 Å². The van der Waals surface area contributed by atoms with Crippen LogP contribution in [0.25, 0.3) is 0 Å². The highest BCUT2D eigenvalue weighted by Gasteiger charge is 2.62. The first-order valence-corrected chi connectivity index (χ1v) is 15.0. The molecule has 0 heterocycles. The number of nitrogens with one attached hydrogen (secondary N) is 1. The number of halogens is 2. The Morgan fingerprint density at radius 1 is 1.00 bits per heavy atom. The van der Waals surface area contributed by atoms with Crippen molar-refractivity contribution in [2.75, 3.05) is 24.5 Å². The first kappa shape index (κ1) is 33.0. The van der Waals surface area contributed by atoms with Gasteiger partial charge < -0.3 is 20.2 Å². The number of alkyl halides is 2. The van der Waals surface area contributed by atoms with Crippen molar-refractivity contribution in [3.63, 3.8) is 0 Å². The molecule has 9 heteroatoms. The quantitative estimate of drug-likeness (QED) is 0.173. The lowest BCUT2D eigenvalue weighted by Gasteiger charge is -2.45. The number of carboxylic acids is 1. The first-order chi connectivity index (χ1) is 19.9. The van der Waals surface area contributed by atoms with Gasteiger partial charge in [0.1, 0.15) is 0 Å². The lowest BCUT2D eigenvalue weighted by Crippen LogP contribution is -2.68. The van der Waals surface area contributed by atoms with Crippen LogP contribution in [0.4, 0.5) is 19.3 Å². The van der Waals surface area contributed by atoms with Crippen molar-refractivity contribution in [3.8, 4) is 0 Å². The lowest BCUT2D eigenvalue weighted by molar-refractivity contribution is -0.175. The predicted molar refractivity (Wildman–Crippen MR) is 162 cm³/mol. The molecule has 0 bridgehead atoms. The highest BCUT2D eigenvalue weighted by atomic mass is 19.3. The molecule has 0 saturated heterocycles. The smallest absolute Gasteiger partial charge is 0.329 e. The molecule has 2 aromatic rings. The van der Waals surface area contributed by atoms with Crippen molar-refractivity contribution in [3.05, 3.63) is 64.7 Å². The summed E-state index contributed by atoms with van der Waals surface area (Å²) in [6, 6.07) is 12.7. The highest BCUT2D eigenvalue weighted by Crippen LogP contribution is 2.46. The van der Waals surface area contributed by atoms with E-state index in [9.17, 15) is 28.3 Å². The molecule has 7 nitrogen and oxygen atoms in total. The fourth-order valence-corrected chi connectivity index (χ4v) is 5.95. The minimum Gasteiger partial charge on any atom is -0.479 e. The number of rotatable bonds is 15. The Bertz CT molecular complexity index is 1240. The fourth-order valence-electron chi connectivity index (χ4n) is 5.95. The average molecular weight is 586 g/mol. The van der Waals surface area contributed by atoms with Gasteiger partial charge in [-0.1, -0.05) is 49.7 Å². The summed E-state index contributed by atoms with van der Waals surface area (Å²) < 4.78 is 27.6. The Balaban J connectivity index is 1.97. The van der Waals surface area contributed by atoms with Crippen molar-refractivity contribution < 1.29 is 28.3 Å². The van der Waals surface area contributed by atoms with Gasteiger partial charge in [-0.15, -0.1) is 0 Å². The zero-order valence-electron chi connectivity index (χ0n) is 25.5. The number of ketones is 1. The molecular formula is C33H45F2N3O4. The molecule has 230 valence electrons. The molecular weight excluding hydrogens is 540 g/mol. The monoisotopic (exact) mass is 585 g/mol. The molecule has 1 saturated carbocycles. The number of urea groups is 1. The molecule has 0 aliphatic heterocycles. The van der Waals surface area contributed by atoms with E-state index in [1.807, 2.05) is 70.2 Å². The maximum atomic E-state index is 13.8. The van der Waals surface area contributed by atoms with Gasteiger partial charge in [0, 0.05) is 43.7 Å². The van der Waals surface area contributed by atoms with Crippen LogP contribution in [0.2, 0.25) is 0 Å². The summed E-state index contributed by atoms with van der Waals surface area (Å²) in [5.41, 5.74) is 2.38. The maximum absolute atomic E-state index is 13.8. The second kappa shape index (κ2) is 14.1. The van der Waals surface area contributed by atoms with E-state index in [0.29, 0.717) is 38.0 Å². The van der Waals surface area contributed by atoms with E-state index in [-0.39, 0.29) is 5.78 Å². The third kappa shape index (κ3) is 7.66. The number of carbonyl (C=O) groups is 3. The molecule has 1 aliphatic rings. The first-order valence-electron chi connectivity index (χ1n) is 15.0. The summed E-state index contributed by atoms with van der Waals surface area (Å²) in [4.78, 5) is 42.2. The van der Waals surface area contributed by atoms with Crippen molar-refractivity contribution in [2.45, 2.75) is 97.1 Å². The van der Waals surface area contributed by atoms with Crippen LogP contribution >= 0.6 is 0 Å². The van der Waals surface area contributed by atoms with Gasteiger partial charge in [-0.3, -0.25) is 4.79 Å². The number of Topliss-reactive ketones (excluding diaryl/α,β-unsaturated/α-hetero) is 1. The summed E-state index contributed by atoms with van der Waals surface area (Å²) in [5, 5.41) is 12.2. The van der Waals surface area contributed by atoms with E-state index in [0.717, 1.165) is 36.1 Å². The normalized spacial score (nSPS) is 15.8. The number of anilines is 1. The molecule has 2 N–H and O–H groups in total. The Hall–Kier alpha value is -3.49. The summed E-state index contributed by atoms with van der Waals surface area (Å²) in [5.74, 6) is -4.61. The summed E-state index contributed by atoms with van der Waals surface area (Å²) in [7, 11) is 0. The van der Waals surface area contributed by atoms with Crippen molar-refractivity contribution in [2.24, 2.45) is 0 Å². The zero-order valence-corrected chi connectivity index (χ0v) is 25.5. The van der Waals surface area contributed by atoms with Crippen LogP contribution in [-0.2, 0) is 17.6 Å². The molecule has 0 radical (unpaired) electrons. The summed E-state index contributed by atoms with van der Waals surface area (Å²) >= 11 is 0. The van der Waals surface area contributed by atoms with E-state index in [4.69, 9.17) is 0 Å². The number of amides is 2. The maximum Gasteiger partial charge on any atom is 0.329 e. The SMILES string of the molecule is CCCc1cc(C(C)N(CCCCc2ccccc2)C(=O)NC2(C(=O)O)CC(F)(F)C2)cc(N(CC)CC)c1C(C)=O. The number of nitrogens with zero attached hydrogens (tertiary/aromatic N) is 2. The van der Waals surface area contributed by atoms with Crippen molar-refractivity contribution in [1.29, 1.82) is 0 Å². The van der Waals surface area contributed by atoms with Gasteiger partial charge in [0.05, 0.1) is 6.04 Å². The summed E-state index contributed by atoms with van der Waals surface area (Å²) in [6.45, 7) is 11.2. The van der Waals surface area contributed by atoms with Crippen LogP contribution in [-0.4, -0.2) is 58.9 Å². The van der Waals surface area contributed by atoms with Gasteiger partial charge in [-0.05, 0) is 76.1 Å². The molecule has 1 atom stereocenters. The number of hydrogen-bond acceptors (Lipinski definition) is 4. The number of unbranched alkanes of at least 4 members (excludes halogenated alkanes) is 1. The molecule has 0 spiro atoms. The third-order valence-electron chi connectivity index (χ3n) is 8.24. The molecule has 1 unspecified atom stereocenters. The van der Waals surface area contributed by atoms with E-state index < -0.39 is 42.3 Å². The van der Waals surface area contributed by atoms with Gasteiger partial charge in [-0.25, -0.2) is 18.4 Å². The number of aliphatic carboxylic acids is 1. The van der Waals surface area contributed by atoms with Gasteiger partial charge in [-0.2, -0.15) is 0 Å². The Morgan fingerprint density at radius 2 is 1.64 bits per heavy atom. The van der Waals surface area contributed by atoms with Crippen LogP contribution in [0.1, 0.15) is 99.8 Å². The lowest BCUT2D eigenvalue weighted by atomic mass is 9.73.